The predicted octanol–water partition coefficient (Wildman–Crippen LogP) is 3.88. The highest BCUT2D eigenvalue weighted by Gasteiger charge is 2.18. The fourth-order valence-electron chi connectivity index (χ4n) is 2.53. The normalized spacial score (nSPS) is 12.2. The summed E-state index contributed by atoms with van der Waals surface area (Å²) in [6, 6.07) is 8.43. The van der Waals surface area contributed by atoms with Gasteiger partial charge in [0.2, 0.25) is 0 Å². The Bertz CT molecular complexity index is 677. The number of anilines is 1. The number of hydrogen-bond acceptors (Lipinski definition) is 5. The molecule has 0 N–H and O–H groups in total. The summed E-state index contributed by atoms with van der Waals surface area (Å²) in [5.74, 6) is 0.998. The van der Waals surface area contributed by atoms with Gasteiger partial charge in [-0.2, -0.15) is 0 Å². The highest BCUT2D eigenvalue weighted by atomic mass is 32.2. The molecule has 0 bridgehead atoms. The molecular formula is C18H26N4OS. The monoisotopic (exact) mass is 346 g/mol. The van der Waals surface area contributed by atoms with E-state index in [4.69, 9.17) is 0 Å². The molecule has 1 unspecified atom stereocenters. The number of aromatic nitrogens is 3. The summed E-state index contributed by atoms with van der Waals surface area (Å²) in [6.07, 6.45) is 0. The quantitative estimate of drug-likeness (QED) is 0.679. The molecule has 1 aromatic carbocycles. The number of benzene rings is 1. The maximum Gasteiger partial charge on any atom is 0.192 e. The molecule has 2 rings (SSSR count). The van der Waals surface area contributed by atoms with E-state index in [0.29, 0.717) is 0 Å². The van der Waals surface area contributed by atoms with Crippen molar-refractivity contribution < 1.29 is 4.79 Å². The third kappa shape index (κ3) is 3.98. The van der Waals surface area contributed by atoms with E-state index in [1.165, 1.54) is 17.4 Å². The summed E-state index contributed by atoms with van der Waals surface area (Å²) >= 11 is 1.47. The Kier molecular flexibility index (Phi) is 6.43. The lowest BCUT2D eigenvalue weighted by Crippen LogP contribution is -2.21. The number of Topliss-reactive ketones (excluding diaryl/α,β-unsaturated/α-hetero) is 1. The van der Waals surface area contributed by atoms with Gasteiger partial charge in [0.1, 0.15) is 5.78 Å². The number of hydrogen-bond donors (Lipinski definition) is 0. The molecule has 0 aliphatic carbocycles. The molecule has 1 atom stereocenters. The Balaban J connectivity index is 2.29. The standard InChI is InChI=1S/C18H26N4OS/c1-6-21(7-2)16-11-9-15(10-12-16)17-19-20-18(22(17)8-3)24-14(5)13(4)23/h9-12,14H,6-8H2,1-5H3. The molecule has 1 aromatic heterocycles. The van der Waals surface area contributed by atoms with Crippen LogP contribution in [0.15, 0.2) is 29.4 Å². The van der Waals surface area contributed by atoms with Crippen LogP contribution in [0.25, 0.3) is 11.4 Å². The van der Waals surface area contributed by atoms with E-state index in [-0.39, 0.29) is 11.0 Å². The second kappa shape index (κ2) is 8.33. The fraction of sp³-hybridized carbons (Fsp3) is 0.500. The molecule has 6 heteroatoms. The topological polar surface area (TPSA) is 51.0 Å². The maximum absolute atomic E-state index is 11.5. The second-order valence-electron chi connectivity index (χ2n) is 5.64. The van der Waals surface area contributed by atoms with E-state index in [9.17, 15) is 4.79 Å². The van der Waals surface area contributed by atoms with Crippen molar-refractivity contribution in [2.45, 2.75) is 51.6 Å². The van der Waals surface area contributed by atoms with Gasteiger partial charge in [-0.05, 0) is 58.9 Å². The summed E-state index contributed by atoms with van der Waals surface area (Å²) in [7, 11) is 0. The largest absolute Gasteiger partial charge is 0.372 e. The van der Waals surface area contributed by atoms with Gasteiger partial charge in [0, 0.05) is 30.9 Å². The molecule has 0 fully saturated rings. The molecule has 0 spiro atoms. The van der Waals surface area contributed by atoms with Crippen LogP contribution in [0, 0.1) is 0 Å². The van der Waals surface area contributed by atoms with Crippen LogP contribution in [0.5, 0.6) is 0 Å². The van der Waals surface area contributed by atoms with Crippen molar-refractivity contribution in [2.24, 2.45) is 0 Å². The predicted molar refractivity (Wildman–Crippen MR) is 101 cm³/mol. The van der Waals surface area contributed by atoms with Gasteiger partial charge in [-0.25, -0.2) is 0 Å². The lowest BCUT2D eigenvalue weighted by atomic mass is 10.2. The summed E-state index contributed by atoms with van der Waals surface area (Å²) < 4.78 is 2.07. The van der Waals surface area contributed by atoms with Crippen LogP contribution >= 0.6 is 11.8 Å². The third-order valence-electron chi connectivity index (χ3n) is 4.14. The summed E-state index contributed by atoms with van der Waals surface area (Å²) in [4.78, 5) is 13.8. The van der Waals surface area contributed by atoms with Gasteiger partial charge >= 0.3 is 0 Å². The molecule has 130 valence electrons. The van der Waals surface area contributed by atoms with Gasteiger partial charge in [0.15, 0.2) is 11.0 Å². The zero-order chi connectivity index (χ0) is 17.7. The Morgan fingerprint density at radius 2 is 1.79 bits per heavy atom. The van der Waals surface area contributed by atoms with E-state index >= 15 is 0 Å². The van der Waals surface area contributed by atoms with E-state index in [1.54, 1.807) is 6.92 Å². The van der Waals surface area contributed by atoms with Crippen LogP contribution in [-0.2, 0) is 11.3 Å². The number of nitrogens with zero attached hydrogens (tertiary/aromatic N) is 4. The number of thioether (sulfide) groups is 1. The van der Waals surface area contributed by atoms with Crippen molar-refractivity contribution in [2.75, 3.05) is 18.0 Å². The first-order valence-electron chi connectivity index (χ1n) is 8.47. The minimum absolute atomic E-state index is 0.114. The third-order valence-corrected chi connectivity index (χ3v) is 5.34. The molecule has 1 heterocycles. The molecule has 0 saturated carbocycles. The van der Waals surface area contributed by atoms with Crippen molar-refractivity contribution in [1.82, 2.24) is 14.8 Å². The van der Waals surface area contributed by atoms with E-state index < -0.39 is 0 Å². The van der Waals surface area contributed by atoms with Crippen LogP contribution in [-0.4, -0.2) is 38.9 Å². The average Bonchev–Trinajstić information content (AvgIpc) is 2.99. The average molecular weight is 347 g/mol. The van der Waals surface area contributed by atoms with Crippen LogP contribution in [0.2, 0.25) is 0 Å². The van der Waals surface area contributed by atoms with Gasteiger partial charge in [-0.1, -0.05) is 11.8 Å². The molecule has 0 aliphatic heterocycles. The highest BCUT2D eigenvalue weighted by Crippen LogP contribution is 2.28. The SMILES string of the molecule is CCN(CC)c1ccc(-c2nnc(SC(C)C(C)=O)n2CC)cc1. The van der Waals surface area contributed by atoms with E-state index in [2.05, 4.69) is 64.7 Å². The molecule has 0 amide bonds. The minimum Gasteiger partial charge on any atom is -0.372 e. The molecule has 0 radical (unpaired) electrons. The first kappa shape index (κ1) is 18.5. The van der Waals surface area contributed by atoms with Crippen LogP contribution in [0.1, 0.15) is 34.6 Å². The summed E-state index contributed by atoms with van der Waals surface area (Å²) in [5.41, 5.74) is 2.26. The first-order chi connectivity index (χ1) is 11.5. The van der Waals surface area contributed by atoms with Gasteiger partial charge in [0.25, 0.3) is 0 Å². The Morgan fingerprint density at radius 3 is 2.29 bits per heavy atom. The second-order valence-corrected chi connectivity index (χ2v) is 6.95. The summed E-state index contributed by atoms with van der Waals surface area (Å²) in [5, 5.41) is 9.32. The van der Waals surface area contributed by atoms with Crippen molar-refractivity contribution in [3.05, 3.63) is 24.3 Å². The number of rotatable bonds is 8. The molecular weight excluding hydrogens is 320 g/mol. The zero-order valence-electron chi connectivity index (χ0n) is 15.1. The fourth-order valence-corrected chi connectivity index (χ4v) is 3.44. The number of ketones is 1. The molecule has 24 heavy (non-hydrogen) atoms. The number of carbonyl (C=O) groups excluding carboxylic acids is 1. The first-order valence-corrected chi connectivity index (χ1v) is 9.35. The van der Waals surface area contributed by atoms with Crippen LogP contribution in [0.3, 0.4) is 0 Å². The van der Waals surface area contributed by atoms with Crippen molar-refractivity contribution >= 4 is 23.2 Å². The zero-order valence-corrected chi connectivity index (χ0v) is 15.9. The van der Waals surface area contributed by atoms with Gasteiger partial charge in [0.05, 0.1) is 5.25 Å². The van der Waals surface area contributed by atoms with Gasteiger partial charge in [-0.15, -0.1) is 10.2 Å². The molecule has 0 saturated heterocycles. The lowest BCUT2D eigenvalue weighted by molar-refractivity contribution is -0.116. The van der Waals surface area contributed by atoms with Crippen LogP contribution in [0.4, 0.5) is 5.69 Å². The van der Waals surface area contributed by atoms with Crippen LogP contribution < -0.4 is 4.90 Å². The Hall–Kier alpha value is -1.82. The molecule has 5 nitrogen and oxygen atoms in total. The Labute approximate surface area is 148 Å². The highest BCUT2D eigenvalue weighted by molar-refractivity contribution is 8.00. The summed E-state index contributed by atoms with van der Waals surface area (Å²) in [6.45, 7) is 12.6. The van der Waals surface area contributed by atoms with E-state index in [0.717, 1.165) is 36.2 Å². The van der Waals surface area contributed by atoms with Crippen molar-refractivity contribution in [3.8, 4) is 11.4 Å². The van der Waals surface area contributed by atoms with Gasteiger partial charge in [-0.3, -0.25) is 4.79 Å². The smallest absolute Gasteiger partial charge is 0.192 e. The number of carbonyl (C=O) groups is 1. The Morgan fingerprint density at radius 1 is 1.17 bits per heavy atom. The van der Waals surface area contributed by atoms with Gasteiger partial charge < -0.3 is 9.47 Å². The van der Waals surface area contributed by atoms with Crippen molar-refractivity contribution in [1.29, 1.82) is 0 Å². The van der Waals surface area contributed by atoms with Crippen molar-refractivity contribution in [3.63, 3.8) is 0 Å². The van der Waals surface area contributed by atoms with E-state index in [1.807, 2.05) is 6.92 Å². The molecule has 2 aromatic rings. The maximum atomic E-state index is 11.5. The lowest BCUT2D eigenvalue weighted by Gasteiger charge is -2.21. The molecule has 0 aliphatic rings. The minimum atomic E-state index is -0.114.